The molecule has 154 valence electrons. The van der Waals surface area contributed by atoms with Crippen LogP contribution in [0.4, 0.5) is 5.69 Å². The molecule has 5 nitrogen and oxygen atoms in total. The molecule has 2 aromatic heterocycles. The van der Waals surface area contributed by atoms with E-state index in [0.29, 0.717) is 16.8 Å². The highest BCUT2D eigenvalue weighted by Crippen LogP contribution is 2.39. The van der Waals surface area contributed by atoms with Crippen molar-refractivity contribution >= 4 is 39.9 Å². The lowest BCUT2D eigenvalue weighted by Crippen LogP contribution is -2.46. The molecule has 7 heteroatoms. The molecule has 0 fully saturated rings. The van der Waals surface area contributed by atoms with E-state index in [2.05, 4.69) is 41.7 Å². The van der Waals surface area contributed by atoms with Crippen LogP contribution in [-0.4, -0.2) is 15.3 Å². The summed E-state index contributed by atoms with van der Waals surface area (Å²) in [6.07, 6.45) is 0. The highest BCUT2D eigenvalue weighted by atomic mass is 32.1. The van der Waals surface area contributed by atoms with Crippen LogP contribution < -0.4 is 10.2 Å². The monoisotopic (exact) mass is 444 g/mol. The fourth-order valence-electron chi connectivity index (χ4n) is 3.76. The number of thiophene rings is 1. The summed E-state index contributed by atoms with van der Waals surface area (Å²) in [5, 5.41) is 10.4. The highest BCUT2D eigenvalue weighted by Gasteiger charge is 2.34. The largest absolute Gasteiger partial charge is 0.351 e. The lowest BCUT2D eigenvalue weighted by atomic mass is 9.94. The van der Waals surface area contributed by atoms with E-state index in [9.17, 15) is 0 Å². The molecule has 1 aliphatic heterocycles. The second-order valence-corrected chi connectivity index (χ2v) is 8.70. The second kappa shape index (κ2) is 8.09. The Morgan fingerprint density at radius 3 is 2.48 bits per heavy atom. The third-order valence-corrected chi connectivity index (χ3v) is 6.47. The lowest BCUT2D eigenvalue weighted by molar-refractivity contribution is 0.404. The van der Waals surface area contributed by atoms with E-state index >= 15 is 0 Å². The van der Waals surface area contributed by atoms with Gasteiger partial charge >= 0.3 is 0 Å². The predicted molar refractivity (Wildman–Crippen MR) is 129 cm³/mol. The smallest absolute Gasteiger partial charge is 0.258 e. The van der Waals surface area contributed by atoms with Gasteiger partial charge in [0.05, 0.1) is 16.5 Å². The van der Waals surface area contributed by atoms with Crippen LogP contribution in [0.3, 0.4) is 0 Å². The molecule has 0 saturated carbocycles. The minimum Gasteiger partial charge on any atom is -0.351 e. The van der Waals surface area contributed by atoms with Crippen molar-refractivity contribution in [2.24, 2.45) is 0 Å². The third kappa shape index (κ3) is 3.66. The van der Waals surface area contributed by atoms with Crippen molar-refractivity contribution in [2.75, 3.05) is 4.90 Å². The van der Waals surface area contributed by atoms with Gasteiger partial charge in [0.2, 0.25) is 5.82 Å². The van der Waals surface area contributed by atoms with Gasteiger partial charge in [0.1, 0.15) is 0 Å². The number of allylic oxidation sites excluding steroid dienone is 1. The van der Waals surface area contributed by atoms with Gasteiger partial charge in [0.25, 0.3) is 5.89 Å². The first-order valence-corrected chi connectivity index (χ1v) is 11.2. The molecule has 1 N–H and O–H groups in total. The summed E-state index contributed by atoms with van der Waals surface area (Å²) in [5.74, 6) is 1.08. The molecule has 5 rings (SSSR count). The summed E-state index contributed by atoms with van der Waals surface area (Å²) in [7, 11) is 0. The summed E-state index contributed by atoms with van der Waals surface area (Å²) >= 11 is 7.36. The molecule has 2 aromatic carbocycles. The van der Waals surface area contributed by atoms with Crippen molar-refractivity contribution in [1.82, 2.24) is 15.5 Å². The first kappa shape index (κ1) is 19.7. The molecular formula is C24H20N4OS2. The Morgan fingerprint density at radius 2 is 1.77 bits per heavy atom. The van der Waals surface area contributed by atoms with Gasteiger partial charge in [-0.1, -0.05) is 59.3 Å². The standard InChI is InChI=1S/C24H20N4OS2/c1-15-10-12-17(13-11-15)21-20(23-26-22(27-29-23)19-9-6-14-31-19)16(2)28(24(30)25-21)18-7-4-3-5-8-18/h3-14,21H,1-2H3,(H,25,30). The van der Waals surface area contributed by atoms with Crippen molar-refractivity contribution < 1.29 is 4.52 Å². The van der Waals surface area contributed by atoms with Gasteiger partial charge in [-0.3, -0.25) is 4.90 Å². The van der Waals surface area contributed by atoms with Crippen molar-refractivity contribution in [3.8, 4) is 10.7 Å². The van der Waals surface area contributed by atoms with Gasteiger partial charge in [0.15, 0.2) is 5.11 Å². The van der Waals surface area contributed by atoms with Gasteiger partial charge in [-0.2, -0.15) is 4.98 Å². The summed E-state index contributed by atoms with van der Waals surface area (Å²) in [4.78, 5) is 7.73. The Labute approximate surface area is 190 Å². The fourth-order valence-corrected chi connectivity index (χ4v) is 4.77. The van der Waals surface area contributed by atoms with Crippen LogP contribution in [0.25, 0.3) is 16.3 Å². The van der Waals surface area contributed by atoms with Gasteiger partial charge in [0, 0.05) is 11.4 Å². The van der Waals surface area contributed by atoms with E-state index < -0.39 is 0 Å². The number of benzene rings is 2. The van der Waals surface area contributed by atoms with Crippen LogP contribution in [0.15, 0.2) is 82.3 Å². The molecule has 0 spiro atoms. The zero-order chi connectivity index (χ0) is 21.4. The topological polar surface area (TPSA) is 54.2 Å². The Morgan fingerprint density at radius 1 is 1.00 bits per heavy atom. The van der Waals surface area contributed by atoms with E-state index in [1.807, 2.05) is 59.7 Å². The van der Waals surface area contributed by atoms with Gasteiger partial charge in [-0.15, -0.1) is 11.3 Å². The number of rotatable bonds is 4. The molecule has 4 aromatic rings. The predicted octanol–water partition coefficient (Wildman–Crippen LogP) is 5.97. The Kier molecular flexibility index (Phi) is 5.13. The maximum absolute atomic E-state index is 5.78. The van der Waals surface area contributed by atoms with E-state index in [4.69, 9.17) is 21.7 Å². The number of para-hydroxylation sites is 1. The van der Waals surface area contributed by atoms with E-state index in [-0.39, 0.29) is 6.04 Å². The summed E-state index contributed by atoms with van der Waals surface area (Å²) < 4.78 is 5.77. The van der Waals surface area contributed by atoms with Crippen LogP contribution in [0.1, 0.15) is 30.0 Å². The number of nitrogens with one attached hydrogen (secondary N) is 1. The molecule has 0 aliphatic carbocycles. The number of thiocarbonyl (C=S) groups is 1. The van der Waals surface area contributed by atoms with Crippen molar-refractivity contribution in [3.05, 3.63) is 94.8 Å². The normalized spacial score (nSPS) is 16.5. The minimum atomic E-state index is -0.190. The molecule has 1 unspecified atom stereocenters. The summed E-state index contributed by atoms with van der Waals surface area (Å²) in [5.41, 5.74) is 5.15. The van der Waals surface area contributed by atoms with Crippen LogP contribution in [0.2, 0.25) is 0 Å². The molecule has 3 heterocycles. The van der Waals surface area contributed by atoms with E-state index in [1.54, 1.807) is 11.3 Å². The summed E-state index contributed by atoms with van der Waals surface area (Å²) in [6.45, 7) is 4.12. The van der Waals surface area contributed by atoms with Crippen LogP contribution in [0.5, 0.6) is 0 Å². The molecule has 0 amide bonds. The molecule has 31 heavy (non-hydrogen) atoms. The fraction of sp³-hybridized carbons (Fsp3) is 0.125. The van der Waals surface area contributed by atoms with Crippen molar-refractivity contribution in [3.63, 3.8) is 0 Å². The number of nitrogens with zero attached hydrogens (tertiary/aromatic N) is 3. The average Bonchev–Trinajstić information content (AvgIpc) is 3.47. The first-order valence-electron chi connectivity index (χ1n) is 9.93. The van der Waals surface area contributed by atoms with E-state index in [1.165, 1.54) is 5.56 Å². The quantitative estimate of drug-likeness (QED) is 0.391. The van der Waals surface area contributed by atoms with Crippen molar-refractivity contribution in [1.29, 1.82) is 0 Å². The Bertz CT molecular complexity index is 1240. The van der Waals surface area contributed by atoms with E-state index in [0.717, 1.165) is 27.4 Å². The maximum atomic E-state index is 5.78. The number of hydrogen-bond acceptors (Lipinski definition) is 5. The molecule has 1 aliphatic rings. The number of hydrogen-bond donors (Lipinski definition) is 1. The molecule has 1 atom stereocenters. The number of aromatic nitrogens is 2. The molecule has 0 bridgehead atoms. The third-order valence-electron chi connectivity index (χ3n) is 5.31. The SMILES string of the molecule is CC1=C(c2nc(-c3cccs3)no2)C(c2ccc(C)cc2)NC(=S)N1c1ccccc1. The number of anilines is 1. The zero-order valence-electron chi connectivity index (χ0n) is 17.1. The van der Waals surface area contributed by atoms with Crippen LogP contribution >= 0.6 is 23.6 Å². The molecule has 0 saturated heterocycles. The first-order chi connectivity index (χ1) is 15.1. The lowest BCUT2D eigenvalue weighted by Gasteiger charge is -2.37. The molecule has 0 radical (unpaired) electrons. The summed E-state index contributed by atoms with van der Waals surface area (Å²) in [6, 6.07) is 22.2. The second-order valence-electron chi connectivity index (χ2n) is 7.36. The Hall–Kier alpha value is -3.29. The van der Waals surface area contributed by atoms with Gasteiger partial charge < -0.3 is 9.84 Å². The van der Waals surface area contributed by atoms with Gasteiger partial charge in [-0.25, -0.2) is 0 Å². The maximum Gasteiger partial charge on any atom is 0.258 e. The van der Waals surface area contributed by atoms with Crippen LogP contribution in [-0.2, 0) is 0 Å². The van der Waals surface area contributed by atoms with Crippen molar-refractivity contribution in [2.45, 2.75) is 19.9 Å². The Balaban J connectivity index is 1.66. The van der Waals surface area contributed by atoms with Crippen LogP contribution in [0, 0.1) is 6.92 Å². The van der Waals surface area contributed by atoms with Gasteiger partial charge in [-0.05, 0) is 55.2 Å². The number of aryl methyl sites for hydroxylation is 1. The minimum absolute atomic E-state index is 0.190. The molecular weight excluding hydrogens is 424 g/mol. The average molecular weight is 445 g/mol. The highest BCUT2D eigenvalue weighted by molar-refractivity contribution is 7.80. The zero-order valence-corrected chi connectivity index (χ0v) is 18.7.